The van der Waals surface area contributed by atoms with Crippen molar-refractivity contribution in [2.24, 2.45) is 0 Å². The zero-order chi connectivity index (χ0) is 23.5. The second kappa shape index (κ2) is 7.47. The molecular formula is C20H17F5N4O4. The summed E-state index contributed by atoms with van der Waals surface area (Å²) in [4.78, 5) is 30.7. The third-order valence-electron chi connectivity index (χ3n) is 6.22. The van der Waals surface area contributed by atoms with Gasteiger partial charge in [-0.25, -0.2) is 8.78 Å². The molecule has 3 heterocycles. The van der Waals surface area contributed by atoms with Gasteiger partial charge in [0.05, 0.1) is 18.7 Å². The maximum Gasteiger partial charge on any atom is 0.471 e. The fraction of sp³-hybridized carbons (Fsp3) is 0.500. The van der Waals surface area contributed by atoms with Gasteiger partial charge in [0.2, 0.25) is 12.2 Å². The van der Waals surface area contributed by atoms with E-state index in [0.29, 0.717) is 18.4 Å². The molecule has 1 saturated heterocycles. The SMILES string of the molecule is O=CN([C@H]1CC1(F)F)[C@H]1CCOC[C@H]1N1Cc2ccc(-c3noc(C(F)(F)F)n3)cc2C1=O. The Labute approximate surface area is 183 Å². The second-order valence-electron chi connectivity index (χ2n) is 8.26. The molecule has 0 unspecified atom stereocenters. The van der Waals surface area contributed by atoms with Crippen molar-refractivity contribution in [1.82, 2.24) is 19.9 Å². The van der Waals surface area contributed by atoms with E-state index in [1.807, 2.05) is 0 Å². The minimum absolute atomic E-state index is 0.0691. The van der Waals surface area contributed by atoms with Gasteiger partial charge in [0.25, 0.3) is 11.8 Å². The molecule has 33 heavy (non-hydrogen) atoms. The first-order valence-electron chi connectivity index (χ1n) is 10.1. The highest BCUT2D eigenvalue weighted by Gasteiger charge is 2.62. The standard InChI is InChI=1S/C20H17F5N4O4/c21-19(22)6-15(19)29(9-30)13-3-4-32-8-14(13)28-7-11-2-1-10(5-12(11)17(28)31)16-26-18(33-27-16)20(23,24)25/h1-2,5,9,13-15H,3-4,6-8H2/t13-,14+,15-/m0/s1. The summed E-state index contributed by atoms with van der Waals surface area (Å²) in [6.07, 6.45) is -4.52. The van der Waals surface area contributed by atoms with Crippen LogP contribution in [0.1, 0.15) is 34.7 Å². The molecule has 13 heteroatoms. The maximum atomic E-state index is 13.7. The highest BCUT2D eigenvalue weighted by molar-refractivity contribution is 5.99. The van der Waals surface area contributed by atoms with Gasteiger partial charge in [-0.3, -0.25) is 9.59 Å². The fourth-order valence-electron chi connectivity index (χ4n) is 4.45. The van der Waals surface area contributed by atoms with Crippen molar-refractivity contribution in [2.45, 2.75) is 49.6 Å². The average Bonchev–Trinajstić information content (AvgIpc) is 3.13. The monoisotopic (exact) mass is 472 g/mol. The number of amides is 2. The van der Waals surface area contributed by atoms with Crippen LogP contribution in [0.25, 0.3) is 11.4 Å². The number of carbonyl (C=O) groups excluding carboxylic acids is 2. The van der Waals surface area contributed by atoms with E-state index in [9.17, 15) is 31.5 Å². The lowest BCUT2D eigenvalue weighted by Gasteiger charge is -2.42. The quantitative estimate of drug-likeness (QED) is 0.491. The minimum Gasteiger partial charge on any atom is -0.379 e. The number of hydrogen-bond donors (Lipinski definition) is 0. The van der Waals surface area contributed by atoms with Crippen LogP contribution in [0.15, 0.2) is 22.7 Å². The molecule has 0 bridgehead atoms. The summed E-state index contributed by atoms with van der Waals surface area (Å²) >= 11 is 0. The van der Waals surface area contributed by atoms with E-state index in [-0.39, 0.29) is 36.7 Å². The summed E-state index contributed by atoms with van der Waals surface area (Å²) in [6, 6.07) is 1.92. The van der Waals surface area contributed by atoms with E-state index >= 15 is 0 Å². The van der Waals surface area contributed by atoms with E-state index in [2.05, 4.69) is 14.7 Å². The number of carbonyl (C=O) groups is 2. The summed E-state index contributed by atoms with van der Waals surface area (Å²) < 4.78 is 75.3. The normalized spacial score (nSPS) is 26.3. The van der Waals surface area contributed by atoms with Crippen molar-refractivity contribution < 1.29 is 40.8 Å². The molecule has 5 rings (SSSR count). The molecule has 8 nitrogen and oxygen atoms in total. The van der Waals surface area contributed by atoms with Crippen molar-refractivity contribution in [2.75, 3.05) is 13.2 Å². The van der Waals surface area contributed by atoms with E-state index in [0.717, 1.165) is 4.90 Å². The number of rotatable bonds is 5. The predicted molar refractivity (Wildman–Crippen MR) is 98.9 cm³/mol. The number of ether oxygens (including phenoxy) is 1. The van der Waals surface area contributed by atoms with Crippen LogP contribution < -0.4 is 0 Å². The molecule has 0 spiro atoms. The van der Waals surface area contributed by atoms with Gasteiger partial charge in [-0.15, -0.1) is 0 Å². The second-order valence-corrected chi connectivity index (χ2v) is 8.26. The molecular weight excluding hydrogens is 455 g/mol. The average molecular weight is 472 g/mol. The van der Waals surface area contributed by atoms with E-state index in [1.165, 1.54) is 17.0 Å². The van der Waals surface area contributed by atoms with Crippen LogP contribution >= 0.6 is 0 Å². The molecule has 176 valence electrons. The van der Waals surface area contributed by atoms with Crippen LogP contribution in [0.3, 0.4) is 0 Å². The maximum absolute atomic E-state index is 13.7. The Morgan fingerprint density at radius 3 is 2.67 bits per heavy atom. The number of alkyl halides is 5. The number of benzene rings is 1. The van der Waals surface area contributed by atoms with Gasteiger partial charge >= 0.3 is 12.1 Å². The topological polar surface area (TPSA) is 88.8 Å². The summed E-state index contributed by atoms with van der Waals surface area (Å²) in [5.74, 6) is -5.21. The lowest BCUT2D eigenvalue weighted by Crippen LogP contribution is -2.57. The Balaban J connectivity index is 1.40. The predicted octanol–water partition coefficient (Wildman–Crippen LogP) is 2.73. The lowest BCUT2D eigenvalue weighted by atomic mass is 10.00. The van der Waals surface area contributed by atoms with E-state index in [4.69, 9.17) is 4.74 Å². The van der Waals surface area contributed by atoms with Crippen LogP contribution in [-0.2, 0) is 22.3 Å². The summed E-state index contributed by atoms with van der Waals surface area (Å²) in [5.41, 5.74) is 0.985. The zero-order valence-electron chi connectivity index (χ0n) is 16.9. The first-order valence-corrected chi connectivity index (χ1v) is 10.1. The molecule has 3 atom stereocenters. The van der Waals surface area contributed by atoms with Crippen molar-refractivity contribution in [3.8, 4) is 11.4 Å². The molecule has 2 aliphatic heterocycles. The number of halogens is 5. The molecule has 2 aromatic rings. The Bertz CT molecular complexity index is 1100. The molecule has 1 aromatic heterocycles. The van der Waals surface area contributed by atoms with Gasteiger partial charge < -0.3 is 19.1 Å². The highest BCUT2D eigenvalue weighted by Crippen LogP contribution is 2.47. The smallest absolute Gasteiger partial charge is 0.379 e. The lowest BCUT2D eigenvalue weighted by molar-refractivity contribution is -0.159. The first-order chi connectivity index (χ1) is 15.6. The Morgan fingerprint density at radius 1 is 1.27 bits per heavy atom. The third-order valence-corrected chi connectivity index (χ3v) is 6.22. The molecule has 1 aromatic carbocycles. The van der Waals surface area contributed by atoms with Gasteiger partial charge in [0.15, 0.2) is 0 Å². The number of nitrogens with zero attached hydrogens (tertiary/aromatic N) is 4. The van der Waals surface area contributed by atoms with Crippen LogP contribution in [0, 0.1) is 0 Å². The van der Waals surface area contributed by atoms with Gasteiger partial charge in [0, 0.05) is 30.7 Å². The van der Waals surface area contributed by atoms with Gasteiger partial charge in [0.1, 0.15) is 6.04 Å². The van der Waals surface area contributed by atoms with Crippen LogP contribution in [0.4, 0.5) is 22.0 Å². The summed E-state index contributed by atoms with van der Waals surface area (Å²) in [5, 5.41) is 3.33. The molecule has 0 N–H and O–H groups in total. The summed E-state index contributed by atoms with van der Waals surface area (Å²) in [6.45, 7) is 0.481. The van der Waals surface area contributed by atoms with Crippen molar-refractivity contribution >= 4 is 12.3 Å². The Morgan fingerprint density at radius 2 is 2.03 bits per heavy atom. The zero-order valence-corrected chi connectivity index (χ0v) is 16.9. The Kier molecular flexibility index (Phi) is 4.92. The highest BCUT2D eigenvalue weighted by atomic mass is 19.4. The van der Waals surface area contributed by atoms with Gasteiger partial charge in [-0.05, 0) is 18.1 Å². The molecule has 1 aliphatic carbocycles. The molecule has 2 fully saturated rings. The van der Waals surface area contributed by atoms with Gasteiger partial charge in [-0.1, -0.05) is 17.3 Å². The molecule has 1 saturated carbocycles. The number of hydrogen-bond acceptors (Lipinski definition) is 6. The minimum atomic E-state index is -4.80. The number of aromatic nitrogens is 2. The Hall–Kier alpha value is -3.09. The molecule has 0 radical (unpaired) electrons. The third kappa shape index (κ3) is 3.73. The fourth-order valence-corrected chi connectivity index (χ4v) is 4.45. The van der Waals surface area contributed by atoms with Crippen molar-refractivity contribution in [1.29, 1.82) is 0 Å². The first kappa shape index (κ1) is 21.7. The van der Waals surface area contributed by atoms with Crippen molar-refractivity contribution in [3.63, 3.8) is 0 Å². The van der Waals surface area contributed by atoms with Crippen LogP contribution in [-0.4, -0.2) is 69.5 Å². The largest absolute Gasteiger partial charge is 0.471 e. The van der Waals surface area contributed by atoms with E-state index in [1.54, 1.807) is 6.07 Å². The number of fused-ring (bicyclic) bond motifs is 1. The van der Waals surface area contributed by atoms with E-state index < -0.39 is 48.4 Å². The van der Waals surface area contributed by atoms with Crippen LogP contribution in [0.2, 0.25) is 0 Å². The van der Waals surface area contributed by atoms with Crippen LogP contribution in [0.5, 0.6) is 0 Å². The molecule has 3 aliphatic rings. The molecule has 2 amide bonds. The summed E-state index contributed by atoms with van der Waals surface area (Å²) in [7, 11) is 0. The van der Waals surface area contributed by atoms with Gasteiger partial charge in [-0.2, -0.15) is 18.2 Å². The van der Waals surface area contributed by atoms with Crippen molar-refractivity contribution in [3.05, 3.63) is 35.2 Å².